The molecule has 1 aliphatic heterocycles. The van der Waals surface area contributed by atoms with E-state index in [1.165, 1.54) is 24.3 Å². The third kappa shape index (κ3) is 17.2. The van der Waals surface area contributed by atoms with Gasteiger partial charge in [-0.05, 0) is 49.8 Å². The van der Waals surface area contributed by atoms with Crippen molar-refractivity contribution in [2.75, 3.05) is 59.1 Å². The number of amides is 5. The lowest BCUT2D eigenvalue weighted by atomic mass is 9.90. The molecule has 55 heavy (non-hydrogen) atoms. The molecule has 0 saturated carbocycles. The summed E-state index contributed by atoms with van der Waals surface area (Å²) in [6, 6.07) is 3.42. The first-order valence-electron chi connectivity index (χ1n) is 17.9. The molecule has 9 N–H and O–H groups in total. The van der Waals surface area contributed by atoms with Crippen molar-refractivity contribution in [2.45, 2.75) is 70.0 Å². The Bertz CT molecular complexity index is 1560. The van der Waals surface area contributed by atoms with Crippen LogP contribution in [0.3, 0.4) is 0 Å². The lowest BCUT2D eigenvalue weighted by Gasteiger charge is -2.28. The Kier molecular flexibility index (Phi) is 19.7. The number of aliphatic hydroxyl groups is 1. The van der Waals surface area contributed by atoms with Crippen molar-refractivity contribution in [2.24, 2.45) is 22.8 Å². The molecule has 0 aromatic heterocycles. The standard InChI is InChI=1S/C35H55N9O10S/c1-22(2)13-27(32(48)35(5,51)21-54-55(52)26-8-6-7-24(15-26)33(49)39-17-25(16-36)43-37)41-30(46)19-40-34(50)28(14-23(3)4)42-29(45)18-38-31(47)20-44-9-11-53-12-10-44/h6-8,15-16,22-23,27-28,36,51H,9-14,17-21,37H2,1-5H3,(H,38,47)(H,39,49)(H,40,50)(H,41,46)(H,42,45)/t27-,28-,35?,55?/m0/s1. The number of rotatable bonds is 23. The molecule has 0 bridgehead atoms. The third-order valence-corrected chi connectivity index (χ3v) is 9.06. The van der Waals surface area contributed by atoms with Gasteiger partial charge in [-0.15, -0.1) is 0 Å². The van der Waals surface area contributed by atoms with Crippen LogP contribution in [0.5, 0.6) is 0 Å². The van der Waals surface area contributed by atoms with Crippen molar-refractivity contribution in [1.29, 1.82) is 5.41 Å². The van der Waals surface area contributed by atoms with Crippen molar-refractivity contribution in [3.05, 3.63) is 29.8 Å². The predicted octanol–water partition coefficient (Wildman–Crippen LogP) is -1.63. The van der Waals surface area contributed by atoms with E-state index in [-0.39, 0.29) is 66.4 Å². The van der Waals surface area contributed by atoms with Crippen LogP contribution in [0, 0.1) is 17.2 Å². The Morgan fingerprint density at radius 3 is 2.16 bits per heavy atom. The van der Waals surface area contributed by atoms with Crippen molar-refractivity contribution in [3.63, 3.8) is 0 Å². The molecule has 1 fully saturated rings. The number of nitrogens with one attached hydrogen (secondary N) is 6. The van der Waals surface area contributed by atoms with Gasteiger partial charge in [0.25, 0.3) is 5.91 Å². The average Bonchev–Trinajstić information content (AvgIpc) is 3.14. The predicted molar refractivity (Wildman–Crippen MR) is 203 cm³/mol. The maximum absolute atomic E-state index is 13.5. The van der Waals surface area contributed by atoms with Gasteiger partial charge < -0.3 is 47.7 Å². The molecule has 1 saturated heterocycles. The van der Waals surface area contributed by atoms with Crippen LogP contribution < -0.4 is 32.4 Å². The summed E-state index contributed by atoms with van der Waals surface area (Å²) in [6.07, 6.45) is 1.25. The summed E-state index contributed by atoms with van der Waals surface area (Å²) in [7, 11) is 0. The highest BCUT2D eigenvalue weighted by atomic mass is 32.2. The summed E-state index contributed by atoms with van der Waals surface area (Å²) in [5.41, 5.74) is -1.97. The van der Waals surface area contributed by atoms with Crippen LogP contribution in [-0.2, 0) is 44.0 Å². The molecule has 2 unspecified atom stereocenters. The molecule has 1 aliphatic rings. The van der Waals surface area contributed by atoms with E-state index < -0.39 is 71.3 Å². The van der Waals surface area contributed by atoms with Gasteiger partial charge in [-0.3, -0.25) is 37.9 Å². The number of carbonyl (C=O) groups excluding carboxylic acids is 6. The molecule has 1 aromatic rings. The van der Waals surface area contributed by atoms with Gasteiger partial charge in [0.2, 0.25) is 23.6 Å². The Labute approximate surface area is 323 Å². The van der Waals surface area contributed by atoms with E-state index in [2.05, 4.69) is 31.7 Å². The van der Waals surface area contributed by atoms with Crippen molar-refractivity contribution < 1.29 is 47.0 Å². The minimum absolute atomic E-state index is 0.0141. The second-order valence-corrected chi connectivity index (χ2v) is 15.2. The topological polar surface area (TPSA) is 284 Å². The van der Waals surface area contributed by atoms with Crippen molar-refractivity contribution in [3.8, 4) is 0 Å². The Hall–Kier alpha value is -4.63. The number of Topliss-reactive ketones (excluding diaryl/α,β-unsaturated/α-hetero) is 1. The molecule has 1 heterocycles. The van der Waals surface area contributed by atoms with Gasteiger partial charge in [-0.25, -0.2) is 4.21 Å². The quantitative estimate of drug-likeness (QED) is 0.0352. The van der Waals surface area contributed by atoms with E-state index in [1.54, 1.807) is 13.8 Å². The maximum Gasteiger partial charge on any atom is 0.251 e. The van der Waals surface area contributed by atoms with E-state index in [1.807, 2.05) is 18.7 Å². The zero-order chi connectivity index (χ0) is 41.1. The molecule has 0 spiro atoms. The van der Waals surface area contributed by atoms with E-state index in [9.17, 15) is 38.1 Å². The Balaban J connectivity index is 1.96. The van der Waals surface area contributed by atoms with E-state index in [0.717, 1.165) is 13.1 Å². The van der Waals surface area contributed by atoms with Crippen LogP contribution in [-0.4, -0.2) is 138 Å². The smallest absolute Gasteiger partial charge is 0.251 e. The number of nitrogens with two attached hydrogens (primary N) is 1. The number of hydrogen-bond acceptors (Lipinski definition) is 14. The van der Waals surface area contributed by atoms with Crippen LogP contribution >= 0.6 is 0 Å². The molecule has 1 aromatic carbocycles. The average molecular weight is 794 g/mol. The molecule has 5 amide bonds. The second kappa shape index (κ2) is 23.3. The second-order valence-electron chi connectivity index (χ2n) is 14.0. The fraction of sp³-hybridized carbons (Fsp3) is 0.600. The first-order chi connectivity index (χ1) is 25.9. The lowest BCUT2D eigenvalue weighted by Crippen LogP contribution is -2.55. The van der Waals surface area contributed by atoms with Gasteiger partial charge in [0.05, 0.1) is 62.6 Å². The van der Waals surface area contributed by atoms with Gasteiger partial charge in [0, 0.05) is 24.9 Å². The summed E-state index contributed by atoms with van der Waals surface area (Å²) in [5.74, 6) is 1.32. The van der Waals surface area contributed by atoms with E-state index in [4.69, 9.17) is 20.2 Å². The summed E-state index contributed by atoms with van der Waals surface area (Å²) >= 11 is -2.22. The number of carbonyl (C=O) groups is 6. The Morgan fingerprint density at radius 1 is 0.964 bits per heavy atom. The van der Waals surface area contributed by atoms with E-state index >= 15 is 0 Å². The zero-order valence-electron chi connectivity index (χ0n) is 32.0. The first kappa shape index (κ1) is 46.5. The number of hydrazone groups is 1. The largest absolute Gasteiger partial charge is 0.380 e. The van der Waals surface area contributed by atoms with E-state index in [0.29, 0.717) is 26.3 Å². The maximum atomic E-state index is 13.5. The van der Waals surface area contributed by atoms with Gasteiger partial charge in [-0.1, -0.05) is 33.8 Å². The monoisotopic (exact) mass is 793 g/mol. The molecule has 4 atom stereocenters. The highest BCUT2D eigenvalue weighted by molar-refractivity contribution is 7.80. The number of benzene rings is 1. The Morgan fingerprint density at radius 2 is 1.56 bits per heavy atom. The zero-order valence-corrected chi connectivity index (χ0v) is 32.8. The number of hydrogen-bond donors (Lipinski definition) is 8. The summed E-state index contributed by atoms with van der Waals surface area (Å²) in [6.45, 7) is 9.11. The molecule has 19 nitrogen and oxygen atoms in total. The van der Waals surface area contributed by atoms with Crippen molar-refractivity contribution >= 4 is 58.3 Å². The molecule has 306 valence electrons. The fourth-order valence-electron chi connectivity index (χ4n) is 5.21. The van der Waals surface area contributed by atoms with Gasteiger partial charge in [0.15, 0.2) is 16.9 Å². The molecular weight excluding hydrogens is 739 g/mol. The van der Waals surface area contributed by atoms with Gasteiger partial charge in [0.1, 0.15) is 11.6 Å². The highest BCUT2D eigenvalue weighted by Crippen LogP contribution is 2.18. The molecule has 0 radical (unpaired) electrons. The summed E-state index contributed by atoms with van der Waals surface area (Å²) in [5, 5.41) is 34.3. The van der Waals surface area contributed by atoms with Crippen LogP contribution in [0.15, 0.2) is 34.3 Å². The number of nitrogens with zero attached hydrogens (tertiary/aromatic N) is 2. The minimum atomic E-state index is -2.22. The van der Waals surface area contributed by atoms with Crippen LogP contribution in [0.1, 0.15) is 57.8 Å². The number of morpholine rings is 1. The summed E-state index contributed by atoms with van der Waals surface area (Å²) < 4.78 is 23.6. The lowest BCUT2D eigenvalue weighted by molar-refractivity contribution is -0.143. The third-order valence-electron chi connectivity index (χ3n) is 8.09. The number of ketones is 1. The molecule has 0 aliphatic carbocycles. The fourth-order valence-corrected chi connectivity index (χ4v) is 6.10. The van der Waals surface area contributed by atoms with Crippen LogP contribution in [0.4, 0.5) is 0 Å². The highest BCUT2D eigenvalue weighted by Gasteiger charge is 2.38. The first-order valence-corrected chi connectivity index (χ1v) is 18.9. The molecular formula is C35H55N9O10S. The molecule has 2 rings (SSSR count). The summed E-state index contributed by atoms with van der Waals surface area (Å²) in [4.78, 5) is 79.0. The minimum Gasteiger partial charge on any atom is -0.380 e. The van der Waals surface area contributed by atoms with Crippen LogP contribution in [0.25, 0.3) is 0 Å². The number of ether oxygens (including phenoxy) is 1. The molecule has 20 heteroatoms. The normalized spacial score (nSPS) is 16.3. The van der Waals surface area contributed by atoms with Crippen molar-refractivity contribution in [1.82, 2.24) is 31.5 Å². The van der Waals surface area contributed by atoms with Gasteiger partial charge in [-0.2, -0.15) is 5.10 Å². The SMILES string of the molecule is CC(C)C[C@H](NC(=O)CNC(=O)CN1CCOCC1)C(=O)NCC(=O)N[C@@H](CC(C)C)C(=O)C(C)(O)COS(=O)c1cccc(C(=O)NCC(C=N)=NN)c1. The van der Waals surface area contributed by atoms with Gasteiger partial charge >= 0.3 is 0 Å². The van der Waals surface area contributed by atoms with Crippen LogP contribution in [0.2, 0.25) is 0 Å².